The lowest BCUT2D eigenvalue weighted by Gasteiger charge is -2.47. The third kappa shape index (κ3) is 7.65. The smallest absolute Gasteiger partial charge is 0.458 e. The molecule has 43 heavy (non-hydrogen) atoms. The van der Waals surface area contributed by atoms with Gasteiger partial charge in [-0.1, -0.05) is 20.8 Å². The Balaban J connectivity index is 2.01. The fourth-order valence-electron chi connectivity index (χ4n) is 7.28. The quantitative estimate of drug-likeness (QED) is 0.398. The maximum absolute atomic E-state index is 13.5. The van der Waals surface area contributed by atoms with Gasteiger partial charge in [-0.05, 0) is 75.0 Å². The van der Waals surface area contributed by atoms with Crippen molar-refractivity contribution in [2.24, 2.45) is 17.8 Å². The van der Waals surface area contributed by atoms with Gasteiger partial charge in [0.1, 0.15) is 12.2 Å². The molecule has 0 aromatic rings. The molecule has 0 spiro atoms. The van der Waals surface area contributed by atoms with Crippen LogP contribution in [-0.4, -0.2) is 131 Å². The number of esters is 1. The molecule has 0 saturated carbocycles. The Morgan fingerprint density at radius 3 is 2.26 bits per heavy atom. The summed E-state index contributed by atoms with van der Waals surface area (Å²) >= 11 is 0. The van der Waals surface area contributed by atoms with Crippen molar-refractivity contribution in [1.29, 1.82) is 0 Å². The van der Waals surface area contributed by atoms with Gasteiger partial charge in [-0.2, -0.15) is 0 Å². The normalized spacial score (nSPS) is 47.6. The first-order valence-corrected chi connectivity index (χ1v) is 15.7. The molecule has 0 aromatic carbocycles. The molecule has 3 fully saturated rings. The van der Waals surface area contributed by atoms with Gasteiger partial charge in [-0.15, -0.1) is 0 Å². The molecule has 250 valence electrons. The van der Waals surface area contributed by atoms with Crippen molar-refractivity contribution in [3.63, 3.8) is 0 Å². The Morgan fingerprint density at radius 1 is 1.05 bits per heavy atom. The first-order chi connectivity index (χ1) is 19.8. The lowest BCUT2D eigenvalue weighted by Crippen LogP contribution is -2.59. The maximum Gasteiger partial charge on any atom is 0.509 e. The summed E-state index contributed by atoms with van der Waals surface area (Å²) in [5.41, 5.74) is -2.74. The number of ether oxygens (including phenoxy) is 5. The second kappa shape index (κ2) is 13.8. The van der Waals surface area contributed by atoms with Gasteiger partial charge in [-0.25, -0.2) is 4.79 Å². The van der Waals surface area contributed by atoms with Gasteiger partial charge in [-0.3, -0.25) is 4.79 Å². The van der Waals surface area contributed by atoms with E-state index in [1.807, 2.05) is 53.7 Å². The Hall–Kier alpha value is -1.54. The zero-order valence-corrected chi connectivity index (χ0v) is 27.9. The lowest BCUT2D eigenvalue weighted by molar-refractivity contribution is -0.299. The highest BCUT2D eigenvalue weighted by Gasteiger charge is 2.57. The van der Waals surface area contributed by atoms with Crippen molar-refractivity contribution in [1.82, 2.24) is 9.80 Å². The third-order valence-corrected chi connectivity index (χ3v) is 9.98. The first kappa shape index (κ1) is 35.9. The number of hydrogen-bond donors (Lipinski definition) is 3. The van der Waals surface area contributed by atoms with Crippen LogP contribution in [0.4, 0.5) is 4.79 Å². The van der Waals surface area contributed by atoms with Gasteiger partial charge in [0.25, 0.3) is 0 Å². The van der Waals surface area contributed by atoms with Crippen molar-refractivity contribution < 1.29 is 48.6 Å². The molecule has 12 heteroatoms. The van der Waals surface area contributed by atoms with Gasteiger partial charge in [0.15, 0.2) is 18.0 Å². The van der Waals surface area contributed by atoms with Crippen molar-refractivity contribution in [2.45, 2.75) is 141 Å². The lowest BCUT2D eigenvalue weighted by atomic mass is 9.79. The van der Waals surface area contributed by atoms with Gasteiger partial charge >= 0.3 is 12.1 Å². The molecule has 0 radical (unpaired) electrons. The Morgan fingerprint density at radius 2 is 1.67 bits per heavy atom. The number of rotatable bonds is 4. The largest absolute Gasteiger partial charge is 0.509 e. The van der Waals surface area contributed by atoms with Crippen LogP contribution in [0.3, 0.4) is 0 Å². The standard InChI is InChI=1S/C31H56N2O10/c1-12-22-31(8)25(42-29(37)43-31)16(2)15-33(11)17(3)14-30(7,38)26(19(5)23(34)20(6)27(36)40-22)41-28-24(35)21(32(9)10)13-18(4)39-28/h16-26,28,34-35,38H,12-15H2,1-11H3/t16-,17-,18-,19+,20-,21+,22+,23+,24-,25-,26+,28+,30+,31-/m1/s1. The second-order valence-corrected chi connectivity index (χ2v) is 14.0. The summed E-state index contributed by atoms with van der Waals surface area (Å²) in [5.74, 6) is -2.67. The highest BCUT2D eigenvalue weighted by Crippen LogP contribution is 2.40. The summed E-state index contributed by atoms with van der Waals surface area (Å²) in [7, 11) is 5.69. The van der Waals surface area contributed by atoms with Gasteiger partial charge in [0.2, 0.25) is 0 Å². The highest BCUT2D eigenvalue weighted by molar-refractivity contribution is 5.73. The third-order valence-electron chi connectivity index (χ3n) is 9.98. The van der Waals surface area contributed by atoms with Crippen LogP contribution in [-0.2, 0) is 28.5 Å². The van der Waals surface area contributed by atoms with Crippen LogP contribution in [0.5, 0.6) is 0 Å². The zero-order valence-electron chi connectivity index (χ0n) is 27.9. The number of fused-ring (bicyclic) bond motifs is 1. The summed E-state index contributed by atoms with van der Waals surface area (Å²) in [4.78, 5) is 29.9. The number of nitrogens with zero attached hydrogens (tertiary/aromatic N) is 2. The first-order valence-electron chi connectivity index (χ1n) is 15.7. The molecule has 0 unspecified atom stereocenters. The molecule has 3 N–H and O–H groups in total. The molecule has 3 saturated heterocycles. The Labute approximate surface area is 256 Å². The maximum atomic E-state index is 13.5. The van der Waals surface area contributed by atoms with Gasteiger partial charge < -0.3 is 48.8 Å². The summed E-state index contributed by atoms with van der Waals surface area (Å²) in [6, 6.07) is -0.407. The predicted molar refractivity (Wildman–Crippen MR) is 158 cm³/mol. The Bertz CT molecular complexity index is 965. The van der Waals surface area contributed by atoms with Crippen molar-refractivity contribution in [3.05, 3.63) is 0 Å². The molecule has 12 nitrogen and oxygen atoms in total. The minimum absolute atomic E-state index is 0.176. The zero-order chi connectivity index (χ0) is 32.6. The summed E-state index contributed by atoms with van der Waals surface area (Å²) in [6.45, 7) is 14.8. The van der Waals surface area contributed by atoms with Crippen molar-refractivity contribution in [3.8, 4) is 0 Å². The molecule has 0 aromatic heterocycles. The number of carbonyl (C=O) groups excluding carboxylic acids is 2. The van der Waals surface area contributed by atoms with E-state index in [9.17, 15) is 24.9 Å². The van der Waals surface area contributed by atoms with Crippen LogP contribution in [0.25, 0.3) is 0 Å². The minimum atomic E-state index is -1.51. The topological polar surface area (TPSA) is 147 Å². The van der Waals surface area contributed by atoms with Crippen LogP contribution < -0.4 is 0 Å². The van der Waals surface area contributed by atoms with Crippen LogP contribution >= 0.6 is 0 Å². The molecule has 0 amide bonds. The average Bonchev–Trinajstić information content (AvgIpc) is 3.23. The average molecular weight is 617 g/mol. The number of hydrogen-bond acceptors (Lipinski definition) is 12. The van der Waals surface area contributed by atoms with Crippen LogP contribution in [0, 0.1) is 17.8 Å². The SMILES string of the molecule is CC[C@@H]1OC(=O)[C@H](C)[C@@H](O)[C@H](C)[C@H](O[C@@H]2O[C@H](C)C[C@H](N(C)C)[C@H]2O)[C@@](C)(O)C[C@@H](C)N(C)C[C@@H](C)[C@H]2OC(=O)O[C@]12C. The van der Waals surface area contributed by atoms with E-state index in [2.05, 4.69) is 4.90 Å². The number of cyclic esters (lactones) is 1. The summed E-state index contributed by atoms with van der Waals surface area (Å²) in [6.07, 6.45) is -5.70. The predicted octanol–water partition coefficient (Wildman–Crippen LogP) is 2.16. The van der Waals surface area contributed by atoms with E-state index in [4.69, 9.17) is 23.7 Å². The molecule has 3 heterocycles. The number of aliphatic hydroxyl groups excluding tert-OH is 2. The number of carbonyl (C=O) groups is 2. The molecular formula is C31H56N2O10. The molecule has 0 bridgehead atoms. The van der Waals surface area contributed by atoms with Gasteiger partial charge in [0, 0.05) is 30.5 Å². The molecule has 3 aliphatic rings. The van der Waals surface area contributed by atoms with E-state index in [1.165, 1.54) is 0 Å². The fourth-order valence-corrected chi connectivity index (χ4v) is 7.28. The molecule has 3 rings (SSSR count). The second-order valence-electron chi connectivity index (χ2n) is 14.0. The van der Waals surface area contributed by atoms with E-state index < -0.39 is 72.0 Å². The molecule has 14 atom stereocenters. The highest BCUT2D eigenvalue weighted by atomic mass is 16.8. The van der Waals surface area contributed by atoms with Crippen LogP contribution in [0.2, 0.25) is 0 Å². The molecule has 0 aliphatic carbocycles. The fraction of sp³-hybridized carbons (Fsp3) is 0.935. The number of likely N-dealkylation sites (N-methyl/N-ethyl adjacent to an activating group) is 1. The van der Waals surface area contributed by atoms with Crippen LogP contribution in [0.1, 0.15) is 74.7 Å². The summed E-state index contributed by atoms with van der Waals surface area (Å²) < 4.78 is 29.7. The van der Waals surface area contributed by atoms with E-state index in [0.29, 0.717) is 19.4 Å². The monoisotopic (exact) mass is 616 g/mol. The molecule has 3 aliphatic heterocycles. The van der Waals surface area contributed by atoms with Crippen LogP contribution in [0.15, 0.2) is 0 Å². The number of aliphatic hydroxyl groups is 3. The van der Waals surface area contributed by atoms with Crippen molar-refractivity contribution in [2.75, 3.05) is 27.7 Å². The van der Waals surface area contributed by atoms with Crippen molar-refractivity contribution >= 4 is 12.1 Å². The van der Waals surface area contributed by atoms with E-state index in [0.717, 1.165) is 0 Å². The molecular weight excluding hydrogens is 560 g/mol. The van der Waals surface area contributed by atoms with E-state index >= 15 is 0 Å². The van der Waals surface area contributed by atoms with E-state index in [1.54, 1.807) is 27.7 Å². The van der Waals surface area contributed by atoms with E-state index in [-0.39, 0.29) is 30.5 Å². The minimum Gasteiger partial charge on any atom is -0.458 e. The van der Waals surface area contributed by atoms with Gasteiger partial charge in [0.05, 0.1) is 29.8 Å². The summed E-state index contributed by atoms with van der Waals surface area (Å²) in [5, 5.41) is 34.8. The Kier molecular flexibility index (Phi) is 11.6.